The number of fused-ring (bicyclic) bond motifs is 2. The zero-order valence-corrected chi connectivity index (χ0v) is 21.4. The van der Waals surface area contributed by atoms with Gasteiger partial charge in [-0.3, -0.25) is 13.5 Å². The maximum atomic E-state index is 13.6. The molecule has 35 heavy (non-hydrogen) atoms. The first-order valence-electron chi connectivity index (χ1n) is 12.0. The van der Waals surface area contributed by atoms with Gasteiger partial charge in [0.2, 0.25) is 0 Å². The van der Waals surface area contributed by atoms with Gasteiger partial charge in [0.1, 0.15) is 18.4 Å². The van der Waals surface area contributed by atoms with Crippen LogP contribution in [0.25, 0.3) is 28.2 Å². The van der Waals surface area contributed by atoms with Crippen LogP contribution in [0.3, 0.4) is 0 Å². The van der Waals surface area contributed by atoms with Crippen molar-refractivity contribution in [3.63, 3.8) is 0 Å². The van der Waals surface area contributed by atoms with Crippen molar-refractivity contribution in [1.82, 2.24) is 23.5 Å². The van der Waals surface area contributed by atoms with E-state index in [0.717, 1.165) is 35.7 Å². The second kappa shape index (κ2) is 9.41. The molecule has 182 valence electrons. The van der Waals surface area contributed by atoms with Crippen LogP contribution in [0.2, 0.25) is 25.7 Å². The molecule has 10 heteroatoms. The number of ether oxygens (including phenoxy) is 2. The zero-order chi connectivity index (χ0) is 24.6. The predicted molar refractivity (Wildman–Crippen MR) is 136 cm³/mol. The van der Waals surface area contributed by atoms with Crippen LogP contribution >= 0.6 is 0 Å². The van der Waals surface area contributed by atoms with Crippen LogP contribution in [0.1, 0.15) is 24.4 Å². The Morgan fingerprint density at radius 2 is 2.00 bits per heavy atom. The molecule has 0 aliphatic carbocycles. The lowest BCUT2D eigenvalue weighted by Crippen LogP contribution is -2.31. The summed E-state index contributed by atoms with van der Waals surface area (Å²) in [5.74, 6) is 0. The van der Waals surface area contributed by atoms with Crippen molar-refractivity contribution in [1.29, 1.82) is 5.26 Å². The largest absolute Gasteiger partial charge is 0.381 e. The van der Waals surface area contributed by atoms with Crippen molar-refractivity contribution in [2.75, 3.05) is 19.8 Å². The minimum Gasteiger partial charge on any atom is -0.381 e. The Kier molecular flexibility index (Phi) is 6.31. The van der Waals surface area contributed by atoms with Gasteiger partial charge in [-0.05, 0) is 43.2 Å². The lowest BCUT2D eigenvalue weighted by Gasteiger charge is -2.23. The van der Waals surface area contributed by atoms with Gasteiger partial charge in [-0.25, -0.2) is 14.8 Å². The fourth-order valence-electron chi connectivity index (χ4n) is 4.46. The number of aromatic nitrogens is 5. The number of hydrogen-bond acceptors (Lipinski definition) is 6. The Hall–Kier alpha value is -3.26. The topological polar surface area (TPSA) is 99.4 Å². The van der Waals surface area contributed by atoms with Gasteiger partial charge >= 0.3 is 5.69 Å². The summed E-state index contributed by atoms with van der Waals surface area (Å²) < 4.78 is 16.9. The zero-order valence-electron chi connectivity index (χ0n) is 20.4. The fraction of sp³-hybridized carbons (Fsp3) is 0.440. The van der Waals surface area contributed by atoms with E-state index >= 15 is 0 Å². The molecule has 1 aliphatic heterocycles. The summed E-state index contributed by atoms with van der Waals surface area (Å²) in [6.45, 7) is 9.03. The lowest BCUT2D eigenvalue weighted by atomic mass is 10.1. The highest BCUT2D eigenvalue weighted by molar-refractivity contribution is 6.76. The Labute approximate surface area is 204 Å². The summed E-state index contributed by atoms with van der Waals surface area (Å²) in [7, 11) is -1.22. The van der Waals surface area contributed by atoms with E-state index in [1.807, 2.05) is 27.2 Å². The molecule has 0 bridgehead atoms. The van der Waals surface area contributed by atoms with Crippen LogP contribution in [0.5, 0.6) is 0 Å². The van der Waals surface area contributed by atoms with Crippen molar-refractivity contribution in [2.45, 2.75) is 51.3 Å². The third-order valence-corrected chi connectivity index (χ3v) is 8.18. The summed E-state index contributed by atoms with van der Waals surface area (Å²) in [4.78, 5) is 23.0. The maximum Gasteiger partial charge on any atom is 0.332 e. The first kappa shape index (κ1) is 23.5. The second-order valence-electron chi connectivity index (χ2n) is 10.2. The molecule has 1 saturated heterocycles. The number of nitriles is 1. The predicted octanol–water partition coefficient (Wildman–Crippen LogP) is 4.05. The Morgan fingerprint density at radius 1 is 1.20 bits per heavy atom. The molecular weight excluding hydrogens is 460 g/mol. The van der Waals surface area contributed by atoms with Gasteiger partial charge in [0, 0.05) is 40.1 Å². The summed E-state index contributed by atoms with van der Waals surface area (Å²) in [5.41, 5.74) is 4.02. The molecular formula is C25H30N6O3Si. The van der Waals surface area contributed by atoms with E-state index in [9.17, 15) is 10.1 Å². The molecule has 0 saturated carbocycles. The quantitative estimate of drug-likeness (QED) is 0.286. The summed E-state index contributed by atoms with van der Waals surface area (Å²) in [6, 6.07) is 10.6. The molecule has 0 N–H and O–H groups in total. The number of nitrogens with zero attached hydrogens (tertiary/aromatic N) is 6. The van der Waals surface area contributed by atoms with E-state index in [2.05, 4.69) is 30.7 Å². The van der Waals surface area contributed by atoms with Gasteiger partial charge in [0.25, 0.3) is 0 Å². The Bertz CT molecular complexity index is 1470. The van der Waals surface area contributed by atoms with E-state index < -0.39 is 8.07 Å². The molecule has 1 fully saturated rings. The molecule has 5 heterocycles. The van der Waals surface area contributed by atoms with Crippen molar-refractivity contribution in [2.24, 2.45) is 0 Å². The second-order valence-corrected chi connectivity index (χ2v) is 15.8. The molecule has 1 aliphatic rings. The standard InChI is InChI=1S/C25H30N6O3Si/c1-35(2,3)13-12-34-17-30-21-6-5-20(22-15-27-23-7-4-18(14-26)16-29(22)23)28-24(21)31(25(30)32)19-8-10-33-11-9-19/h4-7,15-16,19H,8-13,17H2,1-3H3. The van der Waals surface area contributed by atoms with Crippen LogP contribution in [-0.4, -0.2) is 51.4 Å². The molecule has 9 nitrogen and oxygen atoms in total. The van der Waals surface area contributed by atoms with Gasteiger partial charge in [-0.2, -0.15) is 5.26 Å². The molecule has 0 amide bonds. The molecule has 0 aromatic carbocycles. The van der Waals surface area contributed by atoms with Crippen molar-refractivity contribution in [3.8, 4) is 17.5 Å². The highest BCUT2D eigenvalue weighted by Gasteiger charge is 2.25. The van der Waals surface area contributed by atoms with E-state index in [4.69, 9.17) is 14.5 Å². The van der Waals surface area contributed by atoms with Gasteiger partial charge in [-0.1, -0.05) is 19.6 Å². The average Bonchev–Trinajstić information content (AvgIpc) is 3.39. The van der Waals surface area contributed by atoms with E-state index in [-0.39, 0.29) is 18.5 Å². The average molecular weight is 491 g/mol. The molecule has 5 rings (SSSR count). The summed E-state index contributed by atoms with van der Waals surface area (Å²) in [6.07, 6.45) is 5.04. The SMILES string of the molecule is C[Si](C)(C)CCOCn1c(=O)n(C2CCOCC2)c2nc(-c3cnc4ccc(C#N)cn34)ccc21. The van der Waals surface area contributed by atoms with Crippen LogP contribution < -0.4 is 5.69 Å². The van der Waals surface area contributed by atoms with E-state index in [1.165, 1.54) is 0 Å². The van der Waals surface area contributed by atoms with Gasteiger partial charge in [0.05, 0.1) is 28.7 Å². The van der Waals surface area contributed by atoms with Crippen LogP contribution in [-0.2, 0) is 16.2 Å². The summed E-state index contributed by atoms with van der Waals surface area (Å²) >= 11 is 0. The lowest BCUT2D eigenvalue weighted by molar-refractivity contribution is 0.0669. The number of imidazole rings is 2. The fourth-order valence-corrected chi connectivity index (χ4v) is 5.22. The van der Waals surface area contributed by atoms with Crippen molar-refractivity contribution >= 4 is 24.9 Å². The molecule has 4 aromatic rings. The van der Waals surface area contributed by atoms with Gasteiger partial charge in [0.15, 0.2) is 5.65 Å². The monoisotopic (exact) mass is 490 g/mol. The minimum absolute atomic E-state index is 0.0251. The number of pyridine rings is 2. The van der Waals surface area contributed by atoms with Gasteiger partial charge < -0.3 is 9.47 Å². The highest BCUT2D eigenvalue weighted by Crippen LogP contribution is 2.27. The Morgan fingerprint density at radius 3 is 2.74 bits per heavy atom. The van der Waals surface area contributed by atoms with Crippen LogP contribution in [0.4, 0.5) is 0 Å². The Balaban J connectivity index is 1.58. The third kappa shape index (κ3) is 4.67. The van der Waals surface area contributed by atoms with Crippen LogP contribution in [0.15, 0.2) is 41.5 Å². The molecule has 0 unspecified atom stereocenters. The maximum absolute atomic E-state index is 13.6. The van der Waals surface area contributed by atoms with E-state index in [1.54, 1.807) is 23.0 Å². The number of rotatable bonds is 7. The molecule has 0 atom stereocenters. The normalized spacial score (nSPS) is 15.1. The minimum atomic E-state index is -1.22. The smallest absolute Gasteiger partial charge is 0.332 e. The van der Waals surface area contributed by atoms with Crippen molar-refractivity contribution < 1.29 is 9.47 Å². The number of hydrogen-bond donors (Lipinski definition) is 0. The molecule has 4 aromatic heterocycles. The third-order valence-electron chi connectivity index (χ3n) is 6.48. The van der Waals surface area contributed by atoms with Crippen molar-refractivity contribution in [3.05, 3.63) is 52.7 Å². The summed E-state index contributed by atoms with van der Waals surface area (Å²) in [5, 5.41) is 9.32. The van der Waals surface area contributed by atoms with Crippen LogP contribution in [0, 0.1) is 11.3 Å². The van der Waals surface area contributed by atoms with E-state index in [0.29, 0.717) is 36.7 Å². The van der Waals surface area contributed by atoms with Gasteiger partial charge in [-0.15, -0.1) is 0 Å². The molecule has 0 spiro atoms. The first-order valence-corrected chi connectivity index (χ1v) is 15.7. The highest BCUT2D eigenvalue weighted by atomic mass is 28.3. The first-order chi connectivity index (χ1) is 16.9. The molecule has 0 radical (unpaired) electrons.